The van der Waals surface area contributed by atoms with Gasteiger partial charge >= 0.3 is 0 Å². The number of carbonyl (C=O) groups excluding carboxylic acids is 1. The van der Waals surface area contributed by atoms with Crippen molar-refractivity contribution in [2.24, 2.45) is 5.73 Å². The van der Waals surface area contributed by atoms with E-state index in [1.54, 1.807) is 0 Å². The van der Waals surface area contributed by atoms with E-state index >= 15 is 0 Å². The molecule has 1 heterocycles. The van der Waals surface area contributed by atoms with E-state index < -0.39 is 0 Å². The molecule has 6 nitrogen and oxygen atoms in total. The van der Waals surface area contributed by atoms with Crippen LogP contribution in [0.2, 0.25) is 0 Å². The highest BCUT2D eigenvalue weighted by molar-refractivity contribution is 5.73. The predicted octanol–water partition coefficient (Wildman–Crippen LogP) is 0.299. The summed E-state index contributed by atoms with van der Waals surface area (Å²) < 4.78 is 0. The van der Waals surface area contributed by atoms with Gasteiger partial charge in [-0.3, -0.25) is 4.79 Å². The molecule has 0 radical (unpaired) electrons. The van der Waals surface area contributed by atoms with Gasteiger partial charge in [0.25, 0.3) is 0 Å². The van der Waals surface area contributed by atoms with Gasteiger partial charge in [-0.1, -0.05) is 6.92 Å². The van der Waals surface area contributed by atoms with Crippen molar-refractivity contribution in [2.45, 2.75) is 26.2 Å². The minimum atomic E-state index is -0.292. The van der Waals surface area contributed by atoms with E-state index in [0.717, 1.165) is 17.8 Å². The van der Waals surface area contributed by atoms with Crippen molar-refractivity contribution in [3.63, 3.8) is 0 Å². The van der Waals surface area contributed by atoms with Gasteiger partial charge in [-0.25, -0.2) is 9.97 Å². The van der Waals surface area contributed by atoms with Gasteiger partial charge in [0.05, 0.1) is 0 Å². The Labute approximate surface area is 94.5 Å². The van der Waals surface area contributed by atoms with Crippen LogP contribution in [0.1, 0.15) is 25.3 Å². The number of nitrogens with one attached hydrogen (secondary N) is 1. The average Bonchev–Trinajstić information content (AvgIpc) is 2.24. The molecule has 1 aromatic rings. The van der Waals surface area contributed by atoms with Gasteiger partial charge in [0.2, 0.25) is 5.91 Å². The lowest BCUT2D eigenvalue weighted by molar-refractivity contribution is -0.118. The minimum absolute atomic E-state index is 0.292. The summed E-state index contributed by atoms with van der Waals surface area (Å²) in [7, 11) is 0. The molecule has 1 aromatic heterocycles. The first-order valence-electron chi connectivity index (χ1n) is 5.26. The maximum atomic E-state index is 10.5. The molecule has 1 rings (SSSR count). The van der Waals surface area contributed by atoms with Gasteiger partial charge in [-0.2, -0.15) is 0 Å². The highest BCUT2D eigenvalue weighted by Crippen LogP contribution is 2.17. The monoisotopic (exact) mass is 223 g/mol. The van der Waals surface area contributed by atoms with Gasteiger partial charge in [0, 0.05) is 18.5 Å². The maximum absolute atomic E-state index is 10.5. The molecule has 0 aliphatic heterocycles. The third-order valence-electron chi connectivity index (χ3n) is 2.22. The summed E-state index contributed by atoms with van der Waals surface area (Å²) >= 11 is 0. The molecule has 0 unspecified atom stereocenters. The van der Waals surface area contributed by atoms with Crippen LogP contribution in [-0.4, -0.2) is 22.4 Å². The summed E-state index contributed by atoms with van der Waals surface area (Å²) in [5.74, 6) is 0.939. The summed E-state index contributed by atoms with van der Waals surface area (Å²) in [6, 6.07) is 0. The normalized spacial score (nSPS) is 10.1. The Bertz CT molecular complexity index is 366. The second-order valence-corrected chi connectivity index (χ2v) is 3.44. The fourth-order valence-corrected chi connectivity index (χ4v) is 1.40. The van der Waals surface area contributed by atoms with E-state index in [2.05, 4.69) is 15.3 Å². The van der Waals surface area contributed by atoms with Crippen LogP contribution in [0.5, 0.6) is 0 Å². The molecule has 16 heavy (non-hydrogen) atoms. The Kier molecular flexibility index (Phi) is 4.50. The van der Waals surface area contributed by atoms with Crippen LogP contribution in [0.3, 0.4) is 0 Å². The largest absolute Gasteiger partial charge is 0.383 e. The Morgan fingerprint density at radius 1 is 1.50 bits per heavy atom. The molecule has 0 saturated carbocycles. The number of aromatic nitrogens is 2. The van der Waals surface area contributed by atoms with Gasteiger partial charge in [-0.05, 0) is 12.8 Å². The van der Waals surface area contributed by atoms with Crippen LogP contribution < -0.4 is 16.8 Å². The van der Waals surface area contributed by atoms with Gasteiger partial charge in [0.1, 0.15) is 18.0 Å². The maximum Gasteiger partial charge on any atom is 0.217 e. The third kappa shape index (κ3) is 3.38. The van der Waals surface area contributed by atoms with E-state index in [1.165, 1.54) is 6.33 Å². The number of anilines is 2. The van der Waals surface area contributed by atoms with Crippen LogP contribution in [0.15, 0.2) is 6.33 Å². The molecule has 88 valence electrons. The number of amides is 1. The number of rotatable bonds is 6. The Balaban J connectivity index is 2.53. The van der Waals surface area contributed by atoms with Crippen LogP contribution >= 0.6 is 0 Å². The summed E-state index contributed by atoms with van der Waals surface area (Å²) in [5.41, 5.74) is 11.7. The minimum Gasteiger partial charge on any atom is -0.383 e. The lowest BCUT2D eigenvalue weighted by Gasteiger charge is -2.10. The molecule has 0 aromatic carbocycles. The molecule has 0 atom stereocenters. The fraction of sp³-hybridized carbons (Fsp3) is 0.500. The number of hydrogen-bond donors (Lipinski definition) is 3. The molecule has 0 bridgehead atoms. The van der Waals surface area contributed by atoms with Crippen molar-refractivity contribution < 1.29 is 4.79 Å². The lowest BCUT2D eigenvalue weighted by Crippen LogP contribution is -2.14. The average molecular weight is 223 g/mol. The Morgan fingerprint density at radius 3 is 2.88 bits per heavy atom. The highest BCUT2D eigenvalue weighted by atomic mass is 16.1. The zero-order valence-electron chi connectivity index (χ0n) is 9.36. The summed E-state index contributed by atoms with van der Waals surface area (Å²) in [4.78, 5) is 18.6. The molecule has 0 fully saturated rings. The molecule has 0 aliphatic carbocycles. The molecular weight excluding hydrogens is 206 g/mol. The molecule has 0 aliphatic rings. The molecule has 6 heteroatoms. The second kappa shape index (κ2) is 5.89. The van der Waals surface area contributed by atoms with Crippen molar-refractivity contribution in [2.75, 3.05) is 17.6 Å². The zero-order valence-corrected chi connectivity index (χ0v) is 9.36. The van der Waals surface area contributed by atoms with E-state index in [9.17, 15) is 4.79 Å². The SMILES string of the molecule is CCc1c(N)ncnc1NCCCC(N)=O. The Hall–Kier alpha value is -1.85. The first-order valence-corrected chi connectivity index (χ1v) is 5.26. The van der Waals surface area contributed by atoms with E-state index in [0.29, 0.717) is 25.2 Å². The van der Waals surface area contributed by atoms with Gasteiger partial charge in [0.15, 0.2) is 0 Å². The summed E-state index contributed by atoms with van der Waals surface area (Å²) in [6.45, 7) is 2.63. The van der Waals surface area contributed by atoms with E-state index in [1.807, 2.05) is 6.92 Å². The van der Waals surface area contributed by atoms with Crippen LogP contribution in [0, 0.1) is 0 Å². The van der Waals surface area contributed by atoms with E-state index in [4.69, 9.17) is 11.5 Å². The summed E-state index contributed by atoms with van der Waals surface area (Å²) in [6.07, 6.45) is 3.24. The molecule has 0 spiro atoms. The van der Waals surface area contributed by atoms with Crippen molar-refractivity contribution in [1.82, 2.24) is 9.97 Å². The van der Waals surface area contributed by atoms with Crippen molar-refractivity contribution in [3.05, 3.63) is 11.9 Å². The van der Waals surface area contributed by atoms with Crippen molar-refractivity contribution in [3.8, 4) is 0 Å². The topological polar surface area (TPSA) is 107 Å². The number of nitrogen functional groups attached to an aromatic ring is 1. The van der Waals surface area contributed by atoms with Crippen molar-refractivity contribution in [1.29, 1.82) is 0 Å². The fourth-order valence-electron chi connectivity index (χ4n) is 1.40. The third-order valence-corrected chi connectivity index (χ3v) is 2.22. The lowest BCUT2D eigenvalue weighted by atomic mass is 10.2. The quantitative estimate of drug-likeness (QED) is 0.601. The zero-order chi connectivity index (χ0) is 12.0. The first-order chi connectivity index (χ1) is 7.65. The molecule has 5 N–H and O–H groups in total. The highest BCUT2D eigenvalue weighted by Gasteiger charge is 2.06. The number of carbonyl (C=O) groups is 1. The van der Waals surface area contributed by atoms with Gasteiger partial charge in [-0.15, -0.1) is 0 Å². The van der Waals surface area contributed by atoms with Crippen LogP contribution in [0.4, 0.5) is 11.6 Å². The number of primary amides is 1. The standard InChI is InChI=1S/C10H17N5O/c1-2-7-9(12)14-6-15-10(7)13-5-3-4-8(11)16/h6H,2-5H2,1H3,(H2,11,16)(H3,12,13,14,15). The molecule has 0 saturated heterocycles. The molecule has 1 amide bonds. The van der Waals surface area contributed by atoms with Crippen LogP contribution in [0.25, 0.3) is 0 Å². The number of nitrogens with zero attached hydrogens (tertiary/aromatic N) is 2. The summed E-state index contributed by atoms with van der Waals surface area (Å²) in [5, 5.41) is 3.12. The predicted molar refractivity (Wildman–Crippen MR) is 62.7 cm³/mol. The first kappa shape index (κ1) is 12.2. The Morgan fingerprint density at radius 2 is 2.25 bits per heavy atom. The van der Waals surface area contributed by atoms with Gasteiger partial charge < -0.3 is 16.8 Å². The van der Waals surface area contributed by atoms with Crippen LogP contribution in [-0.2, 0) is 11.2 Å². The van der Waals surface area contributed by atoms with Crippen molar-refractivity contribution >= 4 is 17.5 Å². The number of nitrogens with two attached hydrogens (primary N) is 2. The van der Waals surface area contributed by atoms with E-state index in [-0.39, 0.29) is 5.91 Å². The smallest absolute Gasteiger partial charge is 0.217 e. The number of hydrogen-bond acceptors (Lipinski definition) is 5. The molecular formula is C10H17N5O. The second-order valence-electron chi connectivity index (χ2n) is 3.44.